The number of nitrogens with zero attached hydrogens (tertiary/aromatic N) is 1. The molecule has 1 saturated heterocycles. The van der Waals surface area contributed by atoms with Crippen molar-refractivity contribution in [1.82, 2.24) is 4.98 Å². The number of hydrogen-bond donors (Lipinski definition) is 3. The lowest BCUT2D eigenvalue weighted by molar-refractivity contribution is -0.191. The summed E-state index contributed by atoms with van der Waals surface area (Å²) in [7, 11) is 0. The van der Waals surface area contributed by atoms with E-state index in [0.717, 1.165) is 42.0 Å². The zero-order valence-electron chi connectivity index (χ0n) is 22.9. The zero-order chi connectivity index (χ0) is 27.8. The lowest BCUT2D eigenvalue weighted by Crippen LogP contribution is -2.43. The van der Waals surface area contributed by atoms with Gasteiger partial charge in [-0.25, -0.2) is 4.98 Å². The van der Waals surface area contributed by atoms with Gasteiger partial charge in [0.05, 0.1) is 34.6 Å². The van der Waals surface area contributed by atoms with E-state index in [9.17, 15) is 15.0 Å². The van der Waals surface area contributed by atoms with Crippen LogP contribution in [-0.4, -0.2) is 57.1 Å². The van der Waals surface area contributed by atoms with Crippen LogP contribution in [0.3, 0.4) is 0 Å². The molecule has 1 aliphatic rings. The number of aryl methyl sites for hydroxylation is 1. The van der Waals surface area contributed by atoms with Crippen LogP contribution in [0.15, 0.2) is 11.0 Å². The topological polar surface area (TPSA) is 143 Å². The summed E-state index contributed by atoms with van der Waals surface area (Å²) in [6.45, 7) is 15.0. The number of thiazole rings is 1. The van der Waals surface area contributed by atoms with Gasteiger partial charge in [-0.05, 0) is 59.0 Å². The van der Waals surface area contributed by atoms with Crippen molar-refractivity contribution in [2.75, 3.05) is 0 Å². The predicted octanol–water partition coefficient (Wildman–Crippen LogP) is 3.93. The number of nitrogens with two attached hydrogens (primary N) is 1. The summed E-state index contributed by atoms with van der Waals surface area (Å²) in [5.41, 5.74) is 7.44. The van der Waals surface area contributed by atoms with Crippen LogP contribution < -0.4 is 5.73 Å². The molecule has 204 valence electrons. The van der Waals surface area contributed by atoms with Crippen molar-refractivity contribution in [2.24, 2.45) is 23.0 Å². The Morgan fingerprint density at radius 3 is 2.42 bits per heavy atom. The van der Waals surface area contributed by atoms with Gasteiger partial charge in [0.2, 0.25) is 0 Å². The summed E-state index contributed by atoms with van der Waals surface area (Å²) in [4.78, 5) is 33.5. The van der Waals surface area contributed by atoms with Crippen molar-refractivity contribution in [1.29, 1.82) is 0 Å². The van der Waals surface area contributed by atoms with E-state index in [4.69, 9.17) is 20.1 Å². The fourth-order valence-electron chi connectivity index (χ4n) is 4.40. The molecule has 1 aromatic rings. The number of hydrogen-bond acceptors (Lipinski definition) is 9. The number of carbonyl (C=O) groups excluding carboxylic acids is 3. The second-order valence-corrected chi connectivity index (χ2v) is 12.0. The third kappa shape index (κ3) is 8.98. The van der Waals surface area contributed by atoms with E-state index in [1.165, 1.54) is 0 Å². The molecule has 1 fully saturated rings. The molecule has 4 N–H and O–H groups in total. The molecule has 7 atom stereocenters. The Morgan fingerprint density at radius 1 is 1.33 bits per heavy atom. The summed E-state index contributed by atoms with van der Waals surface area (Å²) < 4.78 is 6.01. The summed E-state index contributed by atoms with van der Waals surface area (Å²) >= 11 is 1.63. The summed E-state index contributed by atoms with van der Waals surface area (Å²) in [6.07, 6.45) is 4.36. The molecule has 0 aliphatic carbocycles. The van der Waals surface area contributed by atoms with Gasteiger partial charge < -0.3 is 20.7 Å². The van der Waals surface area contributed by atoms with Crippen molar-refractivity contribution >= 4 is 29.3 Å². The number of Topliss-reactive ketones (excluding diaryl/α,β-unsaturated/α-hetero) is 1. The van der Waals surface area contributed by atoms with Crippen LogP contribution in [-0.2, 0) is 19.1 Å². The molecule has 0 spiro atoms. The minimum atomic E-state index is -0.869. The van der Waals surface area contributed by atoms with E-state index in [2.05, 4.69) is 18.0 Å². The van der Waals surface area contributed by atoms with Gasteiger partial charge in [0.15, 0.2) is 0 Å². The molecule has 0 saturated carbocycles. The Hall–Kier alpha value is -1.74. The molecule has 7 unspecified atom stereocenters. The van der Waals surface area contributed by atoms with Crippen molar-refractivity contribution in [2.45, 2.75) is 111 Å². The highest BCUT2D eigenvalue weighted by molar-refractivity contribution is 7.09. The highest BCUT2D eigenvalue weighted by Gasteiger charge is 2.51. The first-order valence-electron chi connectivity index (χ1n) is 12.5. The fraction of sp³-hybridized carbons (Fsp3) is 0.741. The van der Waals surface area contributed by atoms with Crippen LogP contribution in [0.25, 0.3) is 6.08 Å². The fourth-order valence-corrected chi connectivity index (χ4v) is 4.97. The zero-order valence-corrected chi connectivity index (χ0v) is 23.7. The van der Waals surface area contributed by atoms with Crippen molar-refractivity contribution in [3.05, 3.63) is 21.7 Å². The van der Waals surface area contributed by atoms with Crippen LogP contribution in [0.5, 0.6) is 0 Å². The molecule has 0 bridgehead atoms. The largest absolute Gasteiger partial charge is 0.392 e. The number of aromatic nitrogens is 1. The van der Waals surface area contributed by atoms with E-state index in [1.54, 1.807) is 39.0 Å². The average Bonchev–Trinajstić information content (AvgIpc) is 3.23. The maximum absolute atomic E-state index is 12.8. The molecule has 2 heterocycles. The number of aliphatic hydroxyl groups is 2. The van der Waals surface area contributed by atoms with Crippen molar-refractivity contribution in [3.63, 3.8) is 0 Å². The molecule has 36 heavy (non-hydrogen) atoms. The maximum Gasteiger partial charge on any atom is 0.373 e. The normalized spacial score (nSPS) is 24.0. The van der Waals surface area contributed by atoms with E-state index in [1.807, 2.05) is 26.2 Å². The Kier molecular flexibility index (Phi) is 12.3. The molecule has 9 heteroatoms. The van der Waals surface area contributed by atoms with Gasteiger partial charge in [-0.1, -0.05) is 39.7 Å². The maximum atomic E-state index is 12.8. The third-order valence-corrected chi connectivity index (χ3v) is 8.41. The first-order chi connectivity index (χ1) is 16.6. The van der Waals surface area contributed by atoms with Gasteiger partial charge in [-0.15, -0.1) is 11.3 Å². The van der Waals surface area contributed by atoms with Crippen LogP contribution in [0, 0.1) is 24.2 Å². The molecule has 0 radical (unpaired) electrons. The molecule has 2 rings (SSSR count). The van der Waals surface area contributed by atoms with Crippen LogP contribution in [0.1, 0.15) is 84.9 Å². The molecule has 1 aromatic heterocycles. The lowest BCUT2D eigenvalue weighted by Gasteiger charge is -2.33. The first-order valence-corrected chi connectivity index (χ1v) is 13.4. The number of ether oxygens (including phenoxy) is 1. The Bertz CT molecular complexity index is 921. The highest BCUT2D eigenvalue weighted by Crippen LogP contribution is 2.44. The van der Waals surface area contributed by atoms with Crippen LogP contribution in [0.2, 0.25) is 0 Å². The minimum Gasteiger partial charge on any atom is -0.392 e. The Balaban J connectivity index is 0.00000205. The summed E-state index contributed by atoms with van der Waals surface area (Å²) in [6, 6.07) is -0.0660. The van der Waals surface area contributed by atoms with Gasteiger partial charge in [-0.2, -0.15) is 9.59 Å². The number of epoxide rings is 1. The second kappa shape index (κ2) is 13.7. The molecule has 1 aliphatic heterocycles. The summed E-state index contributed by atoms with van der Waals surface area (Å²) in [5.74, 6) is -0.623. The smallest absolute Gasteiger partial charge is 0.373 e. The van der Waals surface area contributed by atoms with Gasteiger partial charge >= 0.3 is 6.15 Å². The third-order valence-electron chi connectivity index (χ3n) is 7.62. The SMILES string of the molecule is C/C(=C\c1csc(C)n1)C(N)CC1OC1(C)CCCC(C)C(O)C(C)C(=O)C(C)(C)C(C)O.O=C=O. The number of ketones is 1. The lowest BCUT2D eigenvalue weighted by atomic mass is 9.74. The molecular formula is C27H44N2O6S. The molecule has 8 nitrogen and oxygen atoms in total. The number of carbonyl (C=O) groups is 1. The quantitative estimate of drug-likeness (QED) is 0.329. The molecule has 0 aromatic carbocycles. The van der Waals surface area contributed by atoms with E-state index >= 15 is 0 Å². The van der Waals surface area contributed by atoms with Crippen molar-refractivity contribution < 1.29 is 29.3 Å². The van der Waals surface area contributed by atoms with Crippen LogP contribution in [0.4, 0.5) is 0 Å². The summed E-state index contributed by atoms with van der Waals surface area (Å²) in [5, 5.41) is 23.8. The Labute approximate surface area is 219 Å². The number of aliphatic hydroxyl groups excluding tert-OH is 2. The van der Waals surface area contributed by atoms with Gasteiger partial charge in [0.25, 0.3) is 0 Å². The second-order valence-electron chi connectivity index (χ2n) is 10.9. The van der Waals surface area contributed by atoms with E-state index in [0.29, 0.717) is 0 Å². The van der Waals surface area contributed by atoms with Gasteiger partial charge in [0, 0.05) is 22.8 Å². The molecular weight excluding hydrogens is 480 g/mol. The minimum absolute atomic E-state index is 0.0106. The number of rotatable bonds is 13. The van der Waals surface area contributed by atoms with E-state index in [-0.39, 0.29) is 35.6 Å². The average molecular weight is 525 g/mol. The standard InChI is InChI=1S/C26H44N2O4S.CO2/c1-15(23(30)17(3)24(31)25(6,7)18(4)29)10-9-11-26(8)22(32-26)13-21(27)16(2)12-20-14-33-19(5)28-20;2-1-3/h12,14-15,17-18,21-23,29-30H,9-11,13,27H2,1-8H3;/b16-12+;. The first kappa shape index (κ1) is 32.3. The van der Waals surface area contributed by atoms with Crippen molar-refractivity contribution in [3.8, 4) is 0 Å². The van der Waals surface area contributed by atoms with Gasteiger partial charge in [0.1, 0.15) is 5.78 Å². The Morgan fingerprint density at radius 2 is 1.92 bits per heavy atom. The molecule has 0 amide bonds. The van der Waals surface area contributed by atoms with E-state index < -0.39 is 23.5 Å². The van der Waals surface area contributed by atoms with Gasteiger partial charge in [-0.3, -0.25) is 4.79 Å². The highest BCUT2D eigenvalue weighted by atomic mass is 32.1. The van der Waals surface area contributed by atoms with Crippen LogP contribution >= 0.6 is 11.3 Å². The monoisotopic (exact) mass is 524 g/mol. The predicted molar refractivity (Wildman–Crippen MR) is 140 cm³/mol.